The fraction of sp³-hybridized carbons (Fsp3) is 0.238. The van der Waals surface area contributed by atoms with Crippen LogP contribution in [0.15, 0.2) is 47.8 Å². The van der Waals surface area contributed by atoms with Crippen molar-refractivity contribution in [3.8, 4) is 28.5 Å². The summed E-state index contributed by atoms with van der Waals surface area (Å²) in [5.41, 5.74) is 2.79. The number of benzene rings is 2. The van der Waals surface area contributed by atoms with E-state index in [1.807, 2.05) is 47.8 Å². The van der Waals surface area contributed by atoms with Crippen LogP contribution in [0.1, 0.15) is 12.0 Å². The summed E-state index contributed by atoms with van der Waals surface area (Å²) in [5, 5.41) is 5.24. The van der Waals surface area contributed by atoms with Crippen LogP contribution in [0.25, 0.3) is 11.3 Å². The van der Waals surface area contributed by atoms with Gasteiger partial charge in [0, 0.05) is 16.5 Å². The number of hydrogen-bond acceptors (Lipinski definition) is 6. The van der Waals surface area contributed by atoms with Crippen molar-refractivity contribution in [2.45, 2.75) is 12.8 Å². The summed E-state index contributed by atoms with van der Waals surface area (Å²) in [6.45, 7) is 0.644. The predicted molar refractivity (Wildman–Crippen MR) is 108 cm³/mol. The molecule has 3 aromatic rings. The van der Waals surface area contributed by atoms with E-state index < -0.39 is 0 Å². The van der Waals surface area contributed by atoms with Crippen LogP contribution in [-0.4, -0.2) is 31.2 Å². The standard InChI is InChI=1S/C21H20N2O4S/c1-25-15-9-7-14(8-10-15)17-13-28-21(22-17)23-20(24)12-27-19-6-2-5-18-16(19)4-3-11-26-18/h2,5-10,13H,3-4,11-12H2,1H3,(H,22,23,24). The van der Waals surface area contributed by atoms with E-state index in [2.05, 4.69) is 10.3 Å². The molecule has 0 atom stereocenters. The molecule has 2 heterocycles. The van der Waals surface area contributed by atoms with Gasteiger partial charge in [0.15, 0.2) is 11.7 Å². The highest BCUT2D eigenvalue weighted by Gasteiger charge is 2.16. The third-order valence-electron chi connectivity index (χ3n) is 4.41. The van der Waals surface area contributed by atoms with Gasteiger partial charge in [-0.1, -0.05) is 6.07 Å². The van der Waals surface area contributed by atoms with Gasteiger partial charge < -0.3 is 14.2 Å². The molecule has 1 N–H and O–H groups in total. The molecule has 7 heteroatoms. The van der Waals surface area contributed by atoms with Gasteiger partial charge in [-0.3, -0.25) is 10.1 Å². The summed E-state index contributed by atoms with van der Waals surface area (Å²) in [6.07, 6.45) is 1.84. The topological polar surface area (TPSA) is 69.7 Å². The lowest BCUT2D eigenvalue weighted by Gasteiger charge is -2.19. The van der Waals surface area contributed by atoms with Crippen molar-refractivity contribution in [1.29, 1.82) is 0 Å². The fourth-order valence-electron chi connectivity index (χ4n) is 3.02. The molecule has 0 unspecified atom stereocenters. The van der Waals surface area contributed by atoms with Gasteiger partial charge in [-0.05, 0) is 49.2 Å². The van der Waals surface area contributed by atoms with E-state index in [4.69, 9.17) is 14.2 Å². The number of fused-ring (bicyclic) bond motifs is 1. The average Bonchev–Trinajstić information content (AvgIpc) is 3.20. The van der Waals surface area contributed by atoms with Crippen molar-refractivity contribution in [3.63, 3.8) is 0 Å². The molecule has 6 nitrogen and oxygen atoms in total. The average molecular weight is 396 g/mol. The minimum Gasteiger partial charge on any atom is -0.497 e. The molecule has 0 radical (unpaired) electrons. The molecule has 4 rings (SSSR count). The molecule has 1 aliphatic rings. The molecule has 0 fully saturated rings. The van der Waals surface area contributed by atoms with Crippen LogP contribution in [0.3, 0.4) is 0 Å². The zero-order valence-electron chi connectivity index (χ0n) is 15.4. The number of anilines is 1. The Morgan fingerprint density at radius 1 is 1.25 bits per heavy atom. The number of nitrogens with one attached hydrogen (secondary N) is 1. The third-order valence-corrected chi connectivity index (χ3v) is 5.17. The number of hydrogen-bond donors (Lipinski definition) is 1. The second-order valence-electron chi connectivity index (χ2n) is 6.29. The molecule has 2 aromatic carbocycles. The molecular formula is C21H20N2O4S. The Bertz CT molecular complexity index is 969. The van der Waals surface area contributed by atoms with E-state index in [1.165, 1.54) is 11.3 Å². The number of thiazole rings is 1. The highest BCUT2D eigenvalue weighted by molar-refractivity contribution is 7.14. The minimum atomic E-state index is -0.245. The SMILES string of the molecule is COc1ccc(-c2csc(NC(=O)COc3cccc4c3CCCO4)n2)cc1. The third kappa shape index (κ3) is 4.09. The molecule has 0 spiro atoms. The van der Waals surface area contributed by atoms with Gasteiger partial charge in [0.25, 0.3) is 5.91 Å². The number of amides is 1. The van der Waals surface area contributed by atoms with Crippen LogP contribution < -0.4 is 19.5 Å². The van der Waals surface area contributed by atoms with E-state index in [9.17, 15) is 4.79 Å². The van der Waals surface area contributed by atoms with Crippen LogP contribution in [0.4, 0.5) is 5.13 Å². The molecule has 1 amide bonds. The Kier molecular flexibility index (Phi) is 5.43. The monoisotopic (exact) mass is 396 g/mol. The van der Waals surface area contributed by atoms with E-state index in [-0.39, 0.29) is 12.5 Å². The zero-order chi connectivity index (χ0) is 19.3. The van der Waals surface area contributed by atoms with Crippen molar-refractivity contribution in [2.75, 3.05) is 25.6 Å². The van der Waals surface area contributed by atoms with E-state index in [0.29, 0.717) is 10.9 Å². The molecule has 1 aromatic heterocycles. The summed E-state index contributed by atoms with van der Waals surface area (Å²) in [6, 6.07) is 13.3. The molecule has 0 saturated heterocycles. The number of carbonyl (C=O) groups is 1. The molecule has 0 aliphatic carbocycles. The smallest absolute Gasteiger partial charge is 0.264 e. The Balaban J connectivity index is 1.36. The highest BCUT2D eigenvalue weighted by atomic mass is 32.1. The van der Waals surface area contributed by atoms with Gasteiger partial charge in [0.05, 0.1) is 19.4 Å². The number of methoxy groups -OCH3 is 1. The maximum Gasteiger partial charge on any atom is 0.264 e. The normalized spacial score (nSPS) is 12.6. The van der Waals surface area contributed by atoms with Crippen LogP contribution >= 0.6 is 11.3 Å². The minimum absolute atomic E-state index is 0.0755. The lowest BCUT2D eigenvalue weighted by Crippen LogP contribution is -2.21. The van der Waals surface area contributed by atoms with E-state index in [0.717, 1.165) is 47.8 Å². The number of aromatic nitrogens is 1. The lowest BCUT2D eigenvalue weighted by molar-refractivity contribution is -0.118. The van der Waals surface area contributed by atoms with Gasteiger partial charge in [0.2, 0.25) is 0 Å². The van der Waals surface area contributed by atoms with Crippen molar-refractivity contribution in [2.24, 2.45) is 0 Å². The quantitative estimate of drug-likeness (QED) is 0.677. The van der Waals surface area contributed by atoms with Gasteiger partial charge in [-0.25, -0.2) is 4.98 Å². The molecule has 0 bridgehead atoms. The Labute approximate surface area is 167 Å². The van der Waals surface area contributed by atoms with Crippen LogP contribution in [0.5, 0.6) is 17.2 Å². The number of ether oxygens (including phenoxy) is 3. The van der Waals surface area contributed by atoms with Gasteiger partial charge in [-0.15, -0.1) is 11.3 Å². The first-order valence-corrected chi connectivity index (χ1v) is 9.88. The molecule has 1 aliphatic heterocycles. The van der Waals surface area contributed by atoms with Gasteiger partial charge in [0.1, 0.15) is 17.2 Å². The van der Waals surface area contributed by atoms with Crippen molar-refractivity contribution >= 4 is 22.4 Å². The van der Waals surface area contributed by atoms with E-state index in [1.54, 1.807) is 7.11 Å². The summed E-state index contributed by atoms with van der Waals surface area (Å²) in [5.74, 6) is 2.08. The highest BCUT2D eigenvalue weighted by Crippen LogP contribution is 2.32. The summed E-state index contributed by atoms with van der Waals surface area (Å²) >= 11 is 1.38. The first-order chi connectivity index (χ1) is 13.7. The predicted octanol–water partition coefficient (Wildman–Crippen LogP) is 4.16. The Hall–Kier alpha value is -3.06. The van der Waals surface area contributed by atoms with Crippen LogP contribution in [0.2, 0.25) is 0 Å². The van der Waals surface area contributed by atoms with Crippen molar-refractivity contribution < 1.29 is 19.0 Å². The molecular weight excluding hydrogens is 376 g/mol. The Morgan fingerprint density at radius 3 is 2.93 bits per heavy atom. The van der Waals surface area contributed by atoms with Gasteiger partial charge >= 0.3 is 0 Å². The maximum atomic E-state index is 12.3. The number of rotatable bonds is 6. The summed E-state index contributed by atoms with van der Waals surface area (Å²) in [7, 11) is 1.63. The summed E-state index contributed by atoms with van der Waals surface area (Å²) in [4.78, 5) is 16.7. The van der Waals surface area contributed by atoms with Crippen molar-refractivity contribution in [3.05, 3.63) is 53.4 Å². The van der Waals surface area contributed by atoms with Crippen LogP contribution in [0, 0.1) is 0 Å². The zero-order valence-corrected chi connectivity index (χ0v) is 16.3. The van der Waals surface area contributed by atoms with Crippen LogP contribution in [-0.2, 0) is 11.2 Å². The molecule has 144 valence electrons. The lowest BCUT2D eigenvalue weighted by atomic mass is 10.1. The first-order valence-electron chi connectivity index (χ1n) is 9.00. The number of nitrogens with zero attached hydrogens (tertiary/aromatic N) is 1. The molecule has 0 saturated carbocycles. The maximum absolute atomic E-state index is 12.3. The largest absolute Gasteiger partial charge is 0.497 e. The fourth-order valence-corrected chi connectivity index (χ4v) is 3.75. The van der Waals surface area contributed by atoms with Crippen molar-refractivity contribution in [1.82, 2.24) is 4.98 Å². The number of carbonyl (C=O) groups excluding carboxylic acids is 1. The second-order valence-corrected chi connectivity index (χ2v) is 7.15. The Morgan fingerprint density at radius 2 is 2.11 bits per heavy atom. The van der Waals surface area contributed by atoms with E-state index >= 15 is 0 Å². The molecule has 28 heavy (non-hydrogen) atoms. The second kappa shape index (κ2) is 8.31. The summed E-state index contributed by atoms with van der Waals surface area (Å²) < 4.78 is 16.5. The van der Waals surface area contributed by atoms with Gasteiger partial charge in [-0.2, -0.15) is 0 Å². The first kappa shape index (κ1) is 18.3.